The van der Waals surface area contributed by atoms with Crippen LogP contribution in [0.15, 0.2) is 11.5 Å². The van der Waals surface area contributed by atoms with E-state index in [-0.39, 0.29) is 11.2 Å². The number of thioether (sulfide) groups is 1. The molecule has 0 unspecified atom stereocenters. The molecule has 1 aromatic rings. The summed E-state index contributed by atoms with van der Waals surface area (Å²) >= 11 is 1.43. The summed E-state index contributed by atoms with van der Waals surface area (Å²) in [6, 6.07) is 0. The van der Waals surface area contributed by atoms with Gasteiger partial charge in [0.2, 0.25) is 5.91 Å². The second-order valence-corrected chi connectivity index (χ2v) is 4.36. The van der Waals surface area contributed by atoms with Crippen molar-refractivity contribution in [2.45, 2.75) is 37.7 Å². The molecule has 0 aliphatic heterocycles. The molecule has 1 rings (SSSR count). The summed E-state index contributed by atoms with van der Waals surface area (Å²) in [6.07, 6.45) is 1.67. The SMILES string of the molecule is CCNC(=O)[C@H](C)Sc1nncn1CC. The first-order valence-electron chi connectivity index (χ1n) is 5.01. The molecule has 0 saturated heterocycles. The Kier molecular flexibility index (Phi) is 4.61. The highest BCUT2D eigenvalue weighted by atomic mass is 32.2. The summed E-state index contributed by atoms with van der Waals surface area (Å²) in [5.41, 5.74) is 0. The standard InChI is InChI=1S/C9H16N4OS/c1-4-10-8(14)7(3)15-9-12-11-6-13(9)5-2/h6-7H,4-5H2,1-3H3,(H,10,14)/t7-/m0/s1. The van der Waals surface area contributed by atoms with Gasteiger partial charge in [0, 0.05) is 13.1 Å². The number of amides is 1. The second kappa shape index (κ2) is 5.75. The highest BCUT2D eigenvalue weighted by molar-refractivity contribution is 8.00. The predicted octanol–water partition coefficient (Wildman–Crippen LogP) is 0.915. The van der Waals surface area contributed by atoms with Crippen LogP contribution in [0.1, 0.15) is 20.8 Å². The maximum atomic E-state index is 11.5. The van der Waals surface area contributed by atoms with Crippen molar-refractivity contribution in [2.75, 3.05) is 6.54 Å². The van der Waals surface area contributed by atoms with E-state index in [9.17, 15) is 4.79 Å². The van der Waals surface area contributed by atoms with Gasteiger partial charge in [0.15, 0.2) is 5.16 Å². The maximum Gasteiger partial charge on any atom is 0.233 e. The molecule has 15 heavy (non-hydrogen) atoms. The fourth-order valence-corrected chi connectivity index (χ4v) is 1.99. The number of aryl methyl sites for hydroxylation is 1. The highest BCUT2D eigenvalue weighted by Crippen LogP contribution is 2.20. The first kappa shape index (κ1) is 12.0. The molecule has 0 radical (unpaired) electrons. The van der Waals surface area contributed by atoms with Crippen LogP contribution in [0.25, 0.3) is 0 Å². The highest BCUT2D eigenvalue weighted by Gasteiger charge is 2.16. The minimum atomic E-state index is -0.139. The maximum absolute atomic E-state index is 11.5. The van der Waals surface area contributed by atoms with Crippen molar-refractivity contribution in [1.82, 2.24) is 20.1 Å². The van der Waals surface area contributed by atoms with Gasteiger partial charge in [0.1, 0.15) is 6.33 Å². The van der Waals surface area contributed by atoms with Gasteiger partial charge in [-0.15, -0.1) is 10.2 Å². The average Bonchev–Trinajstić information content (AvgIpc) is 2.65. The molecule has 1 aromatic heterocycles. The smallest absolute Gasteiger partial charge is 0.233 e. The van der Waals surface area contributed by atoms with Crippen molar-refractivity contribution < 1.29 is 4.79 Å². The van der Waals surface area contributed by atoms with E-state index in [0.29, 0.717) is 6.54 Å². The van der Waals surface area contributed by atoms with Gasteiger partial charge in [-0.3, -0.25) is 4.79 Å². The lowest BCUT2D eigenvalue weighted by Gasteiger charge is -2.10. The van der Waals surface area contributed by atoms with Crippen LogP contribution in [0.2, 0.25) is 0 Å². The first-order chi connectivity index (χ1) is 7.19. The molecule has 6 heteroatoms. The Hall–Kier alpha value is -1.04. The van der Waals surface area contributed by atoms with Crippen LogP contribution in [0.3, 0.4) is 0 Å². The van der Waals surface area contributed by atoms with Crippen molar-refractivity contribution in [2.24, 2.45) is 0 Å². The molecule has 0 aromatic carbocycles. The van der Waals surface area contributed by atoms with Gasteiger partial charge in [-0.2, -0.15) is 0 Å². The third kappa shape index (κ3) is 3.23. The molecule has 0 saturated carbocycles. The largest absolute Gasteiger partial charge is 0.355 e. The van der Waals surface area contributed by atoms with E-state index in [0.717, 1.165) is 11.7 Å². The third-order valence-electron chi connectivity index (χ3n) is 1.92. The molecule has 0 bridgehead atoms. The van der Waals surface area contributed by atoms with Gasteiger partial charge in [-0.05, 0) is 20.8 Å². The lowest BCUT2D eigenvalue weighted by molar-refractivity contribution is -0.120. The molecule has 1 atom stereocenters. The van der Waals surface area contributed by atoms with Crippen molar-refractivity contribution in [1.29, 1.82) is 0 Å². The van der Waals surface area contributed by atoms with E-state index in [2.05, 4.69) is 15.5 Å². The van der Waals surface area contributed by atoms with Crippen LogP contribution in [0.5, 0.6) is 0 Å². The normalized spacial score (nSPS) is 12.5. The molecule has 0 spiro atoms. The number of nitrogens with zero attached hydrogens (tertiary/aromatic N) is 3. The van der Waals surface area contributed by atoms with E-state index >= 15 is 0 Å². The van der Waals surface area contributed by atoms with Crippen LogP contribution < -0.4 is 5.32 Å². The number of hydrogen-bond donors (Lipinski definition) is 1. The lowest BCUT2D eigenvalue weighted by atomic mass is 10.4. The molecule has 1 amide bonds. The van der Waals surface area contributed by atoms with Gasteiger partial charge in [-0.1, -0.05) is 11.8 Å². The van der Waals surface area contributed by atoms with Crippen LogP contribution in [0, 0.1) is 0 Å². The Morgan fingerprint density at radius 2 is 2.40 bits per heavy atom. The Morgan fingerprint density at radius 3 is 3.00 bits per heavy atom. The number of carbonyl (C=O) groups excluding carboxylic acids is 1. The zero-order valence-corrected chi connectivity index (χ0v) is 10.0. The van der Waals surface area contributed by atoms with E-state index in [1.54, 1.807) is 6.33 Å². The van der Waals surface area contributed by atoms with Crippen LogP contribution >= 0.6 is 11.8 Å². The number of carbonyl (C=O) groups is 1. The topological polar surface area (TPSA) is 59.8 Å². The van der Waals surface area contributed by atoms with E-state index in [1.807, 2.05) is 25.3 Å². The lowest BCUT2D eigenvalue weighted by Crippen LogP contribution is -2.30. The van der Waals surface area contributed by atoms with Crippen molar-refractivity contribution in [3.05, 3.63) is 6.33 Å². The van der Waals surface area contributed by atoms with Crippen molar-refractivity contribution in [3.8, 4) is 0 Å². The fraction of sp³-hybridized carbons (Fsp3) is 0.667. The zero-order valence-electron chi connectivity index (χ0n) is 9.23. The number of hydrogen-bond acceptors (Lipinski definition) is 4. The molecule has 0 aliphatic rings. The quantitative estimate of drug-likeness (QED) is 0.761. The Balaban J connectivity index is 2.57. The van der Waals surface area contributed by atoms with Gasteiger partial charge in [-0.25, -0.2) is 0 Å². The van der Waals surface area contributed by atoms with Crippen LogP contribution in [-0.4, -0.2) is 32.5 Å². The summed E-state index contributed by atoms with van der Waals surface area (Å²) in [6.45, 7) is 7.26. The molecule has 5 nitrogen and oxygen atoms in total. The number of rotatable bonds is 5. The third-order valence-corrected chi connectivity index (χ3v) is 3.02. The average molecular weight is 228 g/mol. The summed E-state index contributed by atoms with van der Waals surface area (Å²) in [4.78, 5) is 11.5. The minimum absolute atomic E-state index is 0.0353. The molecule has 1 N–H and O–H groups in total. The Morgan fingerprint density at radius 1 is 1.67 bits per heavy atom. The van der Waals surface area contributed by atoms with E-state index < -0.39 is 0 Å². The molecule has 1 heterocycles. The molecule has 0 fully saturated rings. The molecule has 0 aliphatic carbocycles. The van der Waals surface area contributed by atoms with Gasteiger partial charge in [0.25, 0.3) is 0 Å². The second-order valence-electron chi connectivity index (χ2n) is 3.05. The Labute approximate surface area is 93.6 Å². The fourth-order valence-electron chi connectivity index (χ4n) is 1.08. The monoisotopic (exact) mass is 228 g/mol. The van der Waals surface area contributed by atoms with Gasteiger partial charge in [0.05, 0.1) is 5.25 Å². The van der Waals surface area contributed by atoms with E-state index in [4.69, 9.17) is 0 Å². The summed E-state index contributed by atoms with van der Waals surface area (Å²) in [5, 5.41) is 11.2. The van der Waals surface area contributed by atoms with Crippen LogP contribution in [0.4, 0.5) is 0 Å². The Bertz CT molecular complexity index is 326. The number of aromatic nitrogens is 3. The summed E-state index contributed by atoms with van der Waals surface area (Å²) in [5.74, 6) is 0.0353. The minimum Gasteiger partial charge on any atom is -0.355 e. The van der Waals surface area contributed by atoms with Crippen molar-refractivity contribution in [3.63, 3.8) is 0 Å². The molecule has 84 valence electrons. The number of nitrogens with one attached hydrogen (secondary N) is 1. The van der Waals surface area contributed by atoms with E-state index in [1.165, 1.54) is 11.8 Å². The van der Waals surface area contributed by atoms with Gasteiger partial charge >= 0.3 is 0 Å². The van der Waals surface area contributed by atoms with Gasteiger partial charge < -0.3 is 9.88 Å². The van der Waals surface area contributed by atoms with Crippen LogP contribution in [-0.2, 0) is 11.3 Å². The summed E-state index contributed by atoms with van der Waals surface area (Å²) < 4.78 is 1.92. The zero-order chi connectivity index (χ0) is 11.3. The van der Waals surface area contributed by atoms with Crippen molar-refractivity contribution >= 4 is 17.7 Å². The molecular formula is C9H16N4OS. The summed E-state index contributed by atoms with van der Waals surface area (Å²) in [7, 11) is 0. The molecular weight excluding hydrogens is 212 g/mol. The first-order valence-corrected chi connectivity index (χ1v) is 5.89. The predicted molar refractivity (Wildman–Crippen MR) is 59.7 cm³/mol.